The second kappa shape index (κ2) is 12.1. The van der Waals surface area contributed by atoms with Crippen LogP contribution in [0.25, 0.3) is 10.8 Å². The Labute approximate surface area is 171 Å². The Morgan fingerprint density at radius 3 is 2.30 bits per heavy atom. The summed E-state index contributed by atoms with van der Waals surface area (Å²) in [6.07, 6.45) is 12.8. The van der Waals surface area contributed by atoms with Gasteiger partial charge in [0.15, 0.2) is 5.05 Å². The zero-order chi connectivity index (χ0) is 19.5. The molecule has 2 heteroatoms. The van der Waals surface area contributed by atoms with Gasteiger partial charge in [0.1, 0.15) is 0 Å². The van der Waals surface area contributed by atoms with Crippen LogP contribution in [0.1, 0.15) is 89.5 Å². The fourth-order valence-corrected chi connectivity index (χ4v) is 4.38. The molecule has 1 nitrogen and oxygen atoms in total. The van der Waals surface area contributed by atoms with E-state index in [2.05, 4.69) is 56.3 Å². The van der Waals surface area contributed by atoms with Crippen molar-refractivity contribution >= 4 is 28.0 Å². The highest BCUT2D eigenvalue weighted by molar-refractivity contribution is 7.80. The van der Waals surface area contributed by atoms with E-state index in [0.29, 0.717) is 0 Å². The molecular formula is C25H36OS. The lowest BCUT2D eigenvalue weighted by molar-refractivity contribution is 0.391. The van der Waals surface area contributed by atoms with Gasteiger partial charge >= 0.3 is 0 Å². The lowest BCUT2D eigenvalue weighted by Crippen LogP contribution is -2.12. The van der Waals surface area contributed by atoms with E-state index >= 15 is 0 Å². The molecule has 2 atom stereocenters. The van der Waals surface area contributed by atoms with Crippen LogP contribution in [0.3, 0.4) is 0 Å². The Bertz CT molecular complexity index is 688. The van der Waals surface area contributed by atoms with E-state index in [1.165, 1.54) is 67.7 Å². The number of hydrogen-bond acceptors (Lipinski definition) is 1. The second-order valence-electron chi connectivity index (χ2n) is 7.87. The van der Waals surface area contributed by atoms with Crippen molar-refractivity contribution in [2.75, 3.05) is 0 Å². The summed E-state index contributed by atoms with van der Waals surface area (Å²) < 4.78 is 0. The number of rotatable bonds is 13. The van der Waals surface area contributed by atoms with Gasteiger partial charge in [-0.25, -0.2) is 0 Å². The molecule has 2 unspecified atom stereocenters. The van der Waals surface area contributed by atoms with Gasteiger partial charge in [-0.3, -0.25) is 0 Å². The van der Waals surface area contributed by atoms with Gasteiger partial charge in [-0.05, 0) is 47.3 Å². The van der Waals surface area contributed by atoms with Crippen LogP contribution in [0.4, 0.5) is 0 Å². The molecule has 1 N–H and O–H groups in total. The van der Waals surface area contributed by atoms with Crippen LogP contribution in [-0.4, -0.2) is 10.2 Å². The third-order valence-corrected chi connectivity index (χ3v) is 6.19. The van der Waals surface area contributed by atoms with E-state index < -0.39 is 0 Å². The molecule has 0 radical (unpaired) electrons. The molecule has 2 aromatic carbocycles. The molecule has 0 fully saturated rings. The number of aliphatic hydroxyl groups excluding tert-OH is 1. The van der Waals surface area contributed by atoms with Crippen LogP contribution in [0.15, 0.2) is 42.5 Å². The van der Waals surface area contributed by atoms with Crippen molar-refractivity contribution in [3.05, 3.63) is 48.0 Å². The van der Waals surface area contributed by atoms with Crippen molar-refractivity contribution in [2.24, 2.45) is 5.92 Å². The predicted molar refractivity (Wildman–Crippen MR) is 123 cm³/mol. The fraction of sp³-hybridized carbons (Fsp3) is 0.560. The van der Waals surface area contributed by atoms with Gasteiger partial charge in [-0.2, -0.15) is 0 Å². The van der Waals surface area contributed by atoms with Gasteiger partial charge in [-0.15, -0.1) is 0 Å². The normalized spacial score (nSPS) is 13.6. The summed E-state index contributed by atoms with van der Waals surface area (Å²) in [6.45, 7) is 4.57. The standard InChI is InChI=1S/C25H36OS/c1-3-5-6-7-8-9-13-20(4-2)18-19-24(25(26)27)23-17-12-15-21-14-10-11-16-22(21)23/h10-12,14-17,20,24H,3-9,13,18-19H2,1-2H3,(H,26,27). The molecular weight excluding hydrogens is 348 g/mol. The van der Waals surface area contributed by atoms with Crippen LogP contribution >= 0.6 is 12.2 Å². The molecule has 0 saturated heterocycles. The molecule has 0 amide bonds. The highest BCUT2D eigenvalue weighted by Gasteiger charge is 2.20. The van der Waals surface area contributed by atoms with Crippen molar-refractivity contribution in [2.45, 2.75) is 84.0 Å². The third kappa shape index (κ3) is 6.92. The van der Waals surface area contributed by atoms with Gasteiger partial charge in [0.05, 0.1) is 5.92 Å². The minimum absolute atomic E-state index is 0.0373. The summed E-state index contributed by atoms with van der Waals surface area (Å²) in [5.41, 5.74) is 1.18. The first-order valence-electron chi connectivity index (χ1n) is 10.9. The average molecular weight is 385 g/mol. The van der Waals surface area contributed by atoms with E-state index in [1.807, 2.05) is 0 Å². The Hall–Kier alpha value is -1.41. The Balaban J connectivity index is 1.94. The smallest absolute Gasteiger partial charge is 0.164 e. The predicted octanol–water partition coefficient (Wildman–Crippen LogP) is 8.37. The molecule has 148 valence electrons. The monoisotopic (exact) mass is 384 g/mol. The molecule has 0 aromatic heterocycles. The highest BCUT2D eigenvalue weighted by Crippen LogP contribution is 2.32. The van der Waals surface area contributed by atoms with Crippen molar-refractivity contribution in [3.63, 3.8) is 0 Å². The van der Waals surface area contributed by atoms with Crippen molar-refractivity contribution in [3.8, 4) is 0 Å². The molecule has 0 aliphatic carbocycles. The minimum atomic E-state index is -0.0373. The van der Waals surface area contributed by atoms with E-state index in [4.69, 9.17) is 12.2 Å². The number of unbranched alkanes of at least 4 members (excludes halogenated alkanes) is 5. The largest absolute Gasteiger partial charge is 0.502 e. The molecule has 0 heterocycles. The fourth-order valence-electron chi connectivity index (χ4n) is 4.13. The van der Waals surface area contributed by atoms with Gasteiger partial charge in [0, 0.05) is 0 Å². The zero-order valence-electron chi connectivity index (χ0n) is 17.1. The van der Waals surface area contributed by atoms with Crippen LogP contribution in [0, 0.1) is 5.92 Å². The van der Waals surface area contributed by atoms with E-state index in [1.54, 1.807) is 0 Å². The topological polar surface area (TPSA) is 20.2 Å². The quantitative estimate of drug-likeness (QED) is 0.276. The van der Waals surface area contributed by atoms with Crippen molar-refractivity contribution in [1.82, 2.24) is 0 Å². The first kappa shape index (κ1) is 21.9. The number of thiocarbonyl (C=S) groups is 1. The lowest BCUT2D eigenvalue weighted by Gasteiger charge is -2.21. The number of aliphatic hydroxyl groups is 1. The maximum atomic E-state index is 10.2. The van der Waals surface area contributed by atoms with Crippen LogP contribution in [0.2, 0.25) is 0 Å². The first-order valence-corrected chi connectivity index (χ1v) is 11.3. The second-order valence-corrected chi connectivity index (χ2v) is 8.29. The van der Waals surface area contributed by atoms with Crippen LogP contribution in [0.5, 0.6) is 0 Å². The maximum Gasteiger partial charge on any atom is 0.164 e. The third-order valence-electron chi connectivity index (χ3n) is 5.90. The Morgan fingerprint density at radius 2 is 1.56 bits per heavy atom. The molecule has 0 saturated carbocycles. The van der Waals surface area contributed by atoms with Gasteiger partial charge in [0.25, 0.3) is 0 Å². The summed E-state index contributed by atoms with van der Waals surface area (Å²) in [6, 6.07) is 14.7. The van der Waals surface area contributed by atoms with E-state index in [9.17, 15) is 5.11 Å². The van der Waals surface area contributed by atoms with Crippen molar-refractivity contribution in [1.29, 1.82) is 0 Å². The molecule has 0 aliphatic heterocycles. The Morgan fingerprint density at radius 1 is 0.852 bits per heavy atom. The number of benzene rings is 2. The summed E-state index contributed by atoms with van der Waals surface area (Å²) in [5.74, 6) is 0.702. The Kier molecular flexibility index (Phi) is 9.83. The summed E-state index contributed by atoms with van der Waals surface area (Å²) in [5, 5.41) is 12.8. The molecule has 2 rings (SSSR count). The minimum Gasteiger partial charge on any atom is -0.502 e. The summed E-state index contributed by atoms with van der Waals surface area (Å²) in [4.78, 5) is 0. The lowest BCUT2D eigenvalue weighted by atomic mass is 9.85. The van der Waals surface area contributed by atoms with E-state index in [-0.39, 0.29) is 11.0 Å². The van der Waals surface area contributed by atoms with Crippen molar-refractivity contribution < 1.29 is 5.11 Å². The molecule has 2 aromatic rings. The summed E-state index contributed by atoms with van der Waals surface area (Å²) >= 11 is 5.25. The first-order chi connectivity index (χ1) is 13.2. The molecule has 27 heavy (non-hydrogen) atoms. The van der Waals surface area contributed by atoms with Crippen LogP contribution in [-0.2, 0) is 0 Å². The van der Waals surface area contributed by atoms with E-state index in [0.717, 1.165) is 18.8 Å². The van der Waals surface area contributed by atoms with Crippen LogP contribution < -0.4 is 0 Å². The molecule has 0 aliphatic rings. The average Bonchev–Trinajstić information content (AvgIpc) is 2.69. The SMILES string of the molecule is CCCCCCCCC(CC)CCC(C(O)=S)c1cccc2ccccc12. The number of fused-ring (bicyclic) bond motifs is 1. The van der Waals surface area contributed by atoms with Gasteiger partial charge < -0.3 is 5.11 Å². The maximum absolute atomic E-state index is 10.2. The van der Waals surface area contributed by atoms with Gasteiger partial charge in [-0.1, -0.05) is 108 Å². The molecule has 0 spiro atoms. The summed E-state index contributed by atoms with van der Waals surface area (Å²) in [7, 11) is 0. The number of hydrogen-bond donors (Lipinski definition) is 1. The highest BCUT2D eigenvalue weighted by atomic mass is 32.1. The zero-order valence-corrected chi connectivity index (χ0v) is 17.9. The van der Waals surface area contributed by atoms with Gasteiger partial charge in [0.2, 0.25) is 0 Å². The molecule has 0 bridgehead atoms.